The van der Waals surface area contributed by atoms with E-state index in [0.717, 1.165) is 36.2 Å². The van der Waals surface area contributed by atoms with Crippen LogP contribution >= 0.6 is 47.1 Å². The van der Waals surface area contributed by atoms with E-state index in [-0.39, 0.29) is 24.0 Å². The second kappa shape index (κ2) is 11.7. The topological polar surface area (TPSA) is 49.3 Å². The van der Waals surface area contributed by atoms with Crippen molar-refractivity contribution in [1.82, 2.24) is 15.6 Å². The van der Waals surface area contributed by atoms with Gasteiger partial charge in [0.25, 0.3) is 0 Å². The van der Waals surface area contributed by atoms with Crippen LogP contribution in [0, 0.1) is 13.8 Å². The van der Waals surface area contributed by atoms with Gasteiger partial charge in [0.2, 0.25) is 0 Å². The summed E-state index contributed by atoms with van der Waals surface area (Å²) in [5.74, 6) is 0.858. The molecule has 0 saturated carbocycles. The smallest absolute Gasteiger partial charge is 0.191 e. The van der Waals surface area contributed by atoms with E-state index in [4.69, 9.17) is 4.99 Å². The lowest BCUT2D eigenvalue weighted by molar-refractivity contribution is 0.789. The number of halogens is 1. The predicted molar refractivity (Wildman–Crippen MR) is 122 cm³/mol. The Bertz CT molecular complexity index is 685. The lowest BCUT2D eigenvalue weighted by Crippen LogP contribution is -2.38. The van der Waals surface area contributed by atoms with Gasteiger partial charge in [-0.3, -0.25) is 0 Å². The molecule has 0 aliphatic rings. The van der Waals surface area contributed by atoms with E-state index in [1.807, 2.05) is 6.92 Å². The molecule has 1 aromatic heterocycles. The highest BCUT2D eigenvalue weighted by Crippen LogP contribution is 2.22. The molecule has 2 aromatic rings. The molecule has 0 aliphatic heterocycles. The number of hydrogen-bond donors (Lipinski definition) is 2. The van der Waals surface area contributed by atoms with E-state index in [1.54, 1.807) is 23.1 Å². The monoisotopic (exact) mass is 490 g/mol. The summed E-state index contributed by atoms with van der Waals surface area (Å²) in [6.45, 7) is 8.61. The first-order valence-electron chi connectivity index (χ1n) is 8.19. The average Bonchev–Trinajstić information content (AvgIpc) is 2.98. The first-order chi connectivity index (χ1) is 11.6. The third-order valence-electron chi connectivity index (χ3n) is 3.53. The molecule has 0 spiro atoms. The van der Waals surface area contributed by atoms with Gasteiger partial charge in [-0.1, -0.05) is 12.1 Å². The molecule has 7 heteroatoms. The first-order valence-corrected chi connectivity index (χ1v) is 10.3. The standard InChI is InChI=1S/C18H26N4S2.HI/c1-5-19-18(20-9-8-16-12-24-14(3)22-16)21-11-15-7-6-13(2)10-17(15)23-4;/h6-7,10,12H,5,8-9,11H2,1-4H3,(H2,19,20,21);1H. The van der Waals surface area contributed by atoms with Gasteiger partial charge in [0, 0.05) is 29.8 Å². The van der Waals surface area contributed by atoms with Crippen molar-refractivity contribution in [3.63, 3.8) is 0 Å². The molecule has 1 heterocycles. The zero-order valence-electron chi connectivity index (χ0n) is 15.3. The largest absolute Gasteiger partial charge is 0.357 e. The van der Waals surface area contributed by atoms with E-state index in [1.165, 1.54) is 16.0 Å². The van der Waals surface area contributed by atoms with Crippen LogP contribution in [-0.4, -0.2) is 30.3 Å². The molecular weight excluding hydrogens is 463 g/mol. The number of aliphatic imine (C=N–C) groups is 1. The van der Waals surface area contributed by atoms with Crippen molar-refractivity contribution >= 4 is 53.0 Å². The summed E-state index contributed by atoms with van der Waals surface area (Å²) in [5, 5.41) is 9.94. The summed E-state index contributed by atoms with van der Waals surface area (Å²) in [5.41, 5.74) is 3.69. The lowest BCUT2D eigenvalue weighted by atomic mass is 10.1. The molecule has 0 unspecified atom stereocenters. The summed E-state index contributed by atoms with van der Waals surface area (Å²) in [7, 11) is 0. The number of benzene rings is 1. The third-order valence-corrected chi connectivity index (χ3v) is 5.18. The molecule has 1 aromatic carbocycles. The first kappa shape index (κ1) is 22.2. The SMILES string of the molecule is CCNC(=NCc1ccc(C)cc1SC)NCCc1csc(C)n1.I. The van der Waals surface area contributed by atoms with Gasteiger partial charge in [-0.25, -0.2) is 9.98 Å². The molecule has 138 valence electrons. The Morgan fingerprint density at radius 2 is 2.08 bits per heavy atom. The molecular formula is C18H27IN4S2. The minimum absolute atomic E-state index is 0. The molecule has 0 fully saturated rings. The Morgan fingerprint density at radius 3 is 2.72 bits per heavy atom. The Balaban J connectivity index is 0.00000312. The van der Waals surface area contributed by atoms with Gasteiger partial charge in [-0.15, -0.1) is 47.1 Å². The van der Waals surface area contributed by atoms with Crippen molar-refractivity contribution in [2.75, 3.05) is 19.3 Å². The highest BCUT2D eigenvalue weighted by atomic mass is 127. The molecule has 0 amide bonds. The highest BCUT2D eigenvalue weighted by Gasteiger charge is 2.04. The molecule has 25 heavy (non-hydrogen) atoms. The Hall–Kier alpha value is -0.800. The average molecular weight is 490 g/mol. The van der Waals surface area contributed by atoms with Crippen LogP contribution in [0.1, 0.15) is 28.8 Å². The molecule has 4 nitrogen and oxygen atoms in total. The zero-order valence-corrected chi connectivity index (χ0v) is 19.2. The fraction of sp³-hybridized carbons (Fsp3) is 0.444. The molecule has 2 rings (SSSR count). The minimum Gasteiger partial charge on any atom is -0.357 e. The van der Waals surface area contributed by atoms with Crippen molar-refractivity contribution in [1.29, 1.82) is 0 Å². The van der Waals surface area contributed by atoms with E-state index in [2.05, 4.69) is 59.3 Å². The van der Waals surface area contributed by atoms with Crippen molar-refractivity contribution in [3.8, 4) is 0 Å². The van der Waals surface area contributed by atoms with E-state index in [0.29, 0.717) is 6.54 Å². The van der Waals surface area contributed by atoms with E-state index < -0.39 is 0 Å². The fourth-order valence-electron chi connectivity index (χ4n) is 2.32. The van der Waals surface area contributed by atoms with Crippen LogP contribution < -0.4 is 10.6 Å². The quantitative estimate of drug-likeness (QED) is 0.262. The molecule has 0 radical (unpaired) electrons. The minimum atomic E-state index is 0. The number of thioether (sulfide) groups is 1. The van der Waals surface area contributed by atoms with Crippen molar-refractivity contribution in [2.24, 2.45) is 4.99 Å². The van der Waals surface area contributed by atoms with Crippen molar-refractivity contribution in [2.45, 2.75) is 38.6 Å². The van der Waals surface area contributed by atoms with Crippen LogP contribution in [0.25, 0.3) is 0 Å². The maximum absolute atomic E-state index is 4.72. The second-order valence-corrected chi connectivity index (χ2v) is 7.46. The second-order valence-electron chi connectivity index (χ2n) is 5.55. The highest BCUT2D eigenvalue weighted by molar-refractivity contribution is 14.0. The lowest BCUT2D eigenvalue weighted by Gasteiger charge is -2.12. The van der Waals surface area contributed by atoms with Gasteiger partial charge < -0.3 is 10.6 Å². The van der Waals surface area contributed by atoms with Crippen LogP contribution in [-0.2, 0) is 13.0 Å². The summed E-state index contributed by atoms with van der Waals surface area (Å²) < 4.78 is 0. The molecule has 0 atom stereocenters. The summed E-state index contributed by atoms with van der Waals surface area (Å²) in [6.07, 6.45) is 3.02. The third kappa shape index (κ3) is 7.53. The Labute approximate surface area is 176 Å². The summed E-state index contributed by atoms with van der Waals surface area (Å²) in [6, 6.07) is 6.54. The Morgan fingerprint density at radius 1 is 1.28 bits per heavy atom. The predicted octanol–water partition coefficient (Wildman–Crippen LogP) is 4.40. The Kier molecular flexibility index (Phi) is 10.4. The van der Waals surface area contributed by atoms with Crippen LogP contribution in [0.3, 0.4) is 0 Å². The maximum atomic E-state index is 4.72. The number of nitrogens with zero attached hydrogens (tertiary/aromatic N) is 2. The number of hydrogen-bond acceptors (Lipinski definition) is 4. The maximum Gasteiger partial charge on any atom is 0.191 e. The van der Waals surface area contributed by atoms with Gasteiger partial charge in [-0.2, -0.15) is 0 Å². The van der Waals surface area contributed by atoms with Gasteiger partial charge in [-0.05, 0) is 44.2 Å². The van der Waals surface area contributed by atoms with Gasteiger partial charge >= 0.3 is 0 Å². The number of aryl methyl sites for hydroxylation is 2. The zero-order chi connectivity index (χ0) is 17.4. The van der Waals surface area contributed by atoms with Crippen LogP contribution in [0.15, 0.2) is 33.5 Å². The van der Waals surface area contributed by atoms with Gasteiger partial charge in [0.05, 0.1) is 17.2 Å². The van der Waals surface area contributed by atoms with Crippen molar-refractivity contribution in [3.05, 3.63) is 45.4 Å². The van der Waals surface area contributed by atoms with E-state index in [9.17, 15) is 0 Å². The summed E-state index contributed by atoms with van der Waals surface area (Å²) in [4.78, 5) is 10.5. The number of rotatable bonds is 7. The van der Waals surface area contributed by atoms with Gasteiger partial charge in [0.1, 0.15) is 0 Å². The van der Waals surface area contributed by atoms with Crippen LogP contribution in [0.2, 0.25) is 0 Å². The van der Waals surface area contributed by atoms with Crippen LogP contribution in [0.5, 0.6) is 0 Å². The number of thiazole rings is 1. The molecule has 0 bridgehead atoms. The molecule has 0 saturated heterocycles. The number of aromatic nitrogens is 1. The molecule has 2 N–H and O–H groups in total. The molecule has 0 aliphatic carbocycles. The summed E-state index contributed by atoms with van der Waals surface area (Å²) >= 11 is 3.47. The normalized spacial score (nSPS) is 11.1. The van der Waals surface area contributed by atoms with E-state index >= 15 is 0 Å². The number of nitrogens with one attached hydrogen (secondary N) is 2. The van der Waals surface area contributed by atoms with Gasteiger partial charge in [0.15, 0.2) is 5.96 Å². The number of guanidine groups is 1. The van der Waals surface area contributed by atoms with Crippen LogP contribution in [0.4, 0.5) is 0 Å². The fourth-order valence-corrected chi connectivity index (χ4v) is 3.67. The van der Waals surface area contributed by atoms with Crippen molar-refractivity contribution < 1.29 is 0 Å².